The summed E-state index contributed by atoms with van der Waals surface area (Å²) >= 11 is 0. The van der Waals surface area contributed by atoms with Crippen LogP contribution < -0.4 is 5.32 Å². The topological polar surface area (TPSA) is 49.4 Å². The minimum Gasteiger partial charge on any atom is -0.341 e. The Labute approximate surface area is 118 Å². The molecular weight excluding hydrogens is 259 g/mol. The average molecular weight is 278 g/mol. The smallest absolute Gasteiger partial charge is 0.252 e. The summed E-state index contributed by atoms with van der Waals surface area (Å²) in [4.78, 5) is 25.9. The van der Waals surface area contributed by atoms with Crippen LogP contribution in [0.4, 0.5) is 4.39 Å². The number of rotatable bonds is 3. The Morgan fingerprint density at radius 3 is 2.60 bits per heavy atom. The molecule has 20 heavy (non-hydrogen) atoms. The van der Waals surface area contributed by atoms with Crippen LogP contribution in [0.25, 0.3) is 0 Å². The second kappa shape index (κ2) is 6.50. The quantitative estimate of drug-likeness (QED) is 0.919. The van der Waals surface area contributed by atoms with Gasteiger partial charge in [-0.3, -0.25) is 9.59 Å². The van der Waals surface area contributed by atoms with Gasteiger partial charge in [0.2, 0.25) is 5.91 Å². The predicted octanol–water partition coefficient (Wildman–Crippen LogP) is 1.96. The molecule has 1 aromatic carbocycles. The van der Waals surface area contributed by atoms with Crippen molar-refractivity contribution in [2.24, 2.45) is 0 Å². The lowest BCUT2D eigenvalue weighted by atomic mass is 10.1. The molecule has 0 saturated carbocycles. The third-order valence-corrected chi connectivity index (χ3v) is 3.47. The molecule has 0 aromatic heterocycles. The van der Waals surface area contributed by atoms with Crippen molar-refractivity contribution in [3.63, 3.8) is 0 Å². The standard InChI is InChI=1S/C15H19FN2O2/c1-11(15(20)18-8-3-2-4-9-18)17-14(19)12-6-5-7-13(16)10-12/h5-7,10-11H,2-4,8-9H2,1H3,(H,17,19). The number of halogens is 1. The molecule has 0 aliphatic carbocycles. The van der Waals surface area contributed by atoms with E-state index in [1.54, 1.807) is 11.8 Å². The molecule has 1 atom stereocenters. The largest absolute Gasteiger partial charge is 0.341 e. The van der Waals surface area contributed by atoms with Gasteiger partial charge in [-0.05, 0) is 44.4 Å². The van der Waals surface area contributed by atoms with E-state index in [0.29, 0.717) is 0 Å². The van der Waals surface area contributed by atoms with Crippen molar-refractivity contribution in [3.05, 3.63) is 35.6 Å². The highest BCUT2D eigenvalue weighted by molar-refractivity contribution is 5.97. The van der Waals surface area contributed by atoms with E-state index >= 15 is 0 Å². The van der Waals surface area contributed by atoms with E-state index < -0.39 is 17.8 Å². The number of amides is 2. The molecule has 1 fully saturated rings. The lowest BCUT2D eigenvalue weighted by molar-refractivity contribution is -0.133. The maximum Gasteiger partial charge on any atom is 0.252 e. The molecule has 1 aliphatic rings. The predicted molar refractivity (Wildman–Crippen MR) is 73.8 cm³/mol. The molecular formula is C15H19FN2O2. The minimum atomic E-state index is -0.594. The highest BCUT2D eigenvalue weighted by atomic mass is 19.1. The van der Waals surface area contributed by atoms with Gasteiger partial charge in [0.15, 0.2) is 0 Å². The fourth-order valence-electron chi connectivity index (χ4n) is 2.36. The first kappa shape index (κ1) is 14.5. The van der Waals surface area contributed by atoms with Crippen molar-refractivity contribution in [2.75, 3.05) is 13.1 Å². The summed E-state index contributed by atoms with van der Waals surface area (Å²) < 4.78 is 13.1. The number of likely N-dealkylation sites (tertiary alicyclic amines) is 1. The first-order chi connectivity index (χ1) is 9.58. The van der Waals surface area contributed by atoms with Crippen molar-refractivity contribution < 1.29 is 14.0 Å². The van der Waals surface area contributed by atoms with Crippen LogP contribution in [0.1, 0.15) is 36.5 Å². The summed E-state index contributed by atoms with van der Waals surface area (Å²) in [5.41, 5.74) is 0.225. The monoisotopic (exact) mass is 278 g/mol. The number of benzene rings is 1. The number of hydrogen-bond acceptors (Lipinski definition) is 2. The molecule has 108 valence electrons. The van der Waals surface area contributed by atoms with Gasteiger partial charge >= 0.3 is 0 Å². The normalized spacial score (nSPS) is 16.6. The third-order valence-electron chi connectivity index (χ3n) is 3.47. The fourth-order valence-corrected chi connectivity index (χ4v) is 2.36. The van der Waals surface area contributed by atoms with Crippen LogP contribution in [0.15, 0.2) is 24.3 Å². The summed E-state index contributed by atoms with van der Waals surface area (Å²) in [6.07, 6.45) is 3.17. The van der Waals surface area contributed by atoms with Crippen molar-refractivity contribution >= 4 is 11.8 Å². The van der Waals surface area contributed by atoms with Gasteiger partial charge < -0.3 is 10.2 Å². The van der Waals surface area contributed by atoms with Crippen molar-refractivity contribution in [1.82, 2.24) is 10.2 Å². The Balaban J connectivity index is 1.94. The molecule has 1 heterocycles. The van der Waals surface area contributed by atoms with E-state index in [4.69, 9.17) is 0 Å². The summed E-state index contributed by atoms with van der Waals surface area (Å²) in [7, 11) is 0. The Kier molecular flexibility index (Phi) is 4.71. The van der Waals surface area contributed by atoms with E-state index in [9.17, 15) is 14.0 Å². The number of nitrogens with zero attached hydrogens (tertiary/aromatic N) is 1. The van der Waals surface area contributed by atoms with E-state index in [-0.39, 0.29) is 11.5 Å². The van der Waals surface area contributed by atoms with Crippen molar-refractivity contribution in [3.8, 4) is 0 Å². The molecule has 1 aliphatic heterocycles. The maximum atomic E-state index is 13.1. The zero-order valence-corrected chi connectivity index (χ0v) is 11.6. The molecule has 2 amide bonds. The van der Waals surface area contributed by atoms with Gasteiger partial charge in [-0.25, -0.2) is 4.39 Å². The molecule has 0 bridgehead atoms. The van der Waals surface area contributed by atoms with Crippen LogP contribution in [-0.2, 0) is 4.79 Å². The Hall–Kier alpha value is -1.91. The van der Waals surface area contributed by atoms with Crippen LogP contribution in [0.2, 0.25) is 0 Å². The zero-order chi connectivity index (χ0) is 14.5. The Bertz CT molecular complexity index is 498. The first-order valence-electron chi connectivity index (χ1n) is 6.93. The van der Waals surface area contributed by atoms with E-state index in [1.165, 1.54) is 18.2 Å². The van der Waals surface area contributed by atoms with E-state index in [2.05, 4.69) is 5.32 Å². The number of carbonyl (C=O) groups is 2. The lowest BCUT2D eigenvalue weighted by Crippen LogP contribution is -2.48. The first-order valence-corrected chi connectivity index (χ1v) is 6.93. The molecule has 1 N–H and O–H groups in total. The number of nitrogens with one attached hydrogen (secondary N) is 1. The average Bonchev–Trinajstić information content (AvgIpc) is 2.47. The van der Waals surface area contributed by atoms with E-state index in [1.807, 2.05) is 0 Å². The summed E-state index contributed by atoms with van der Waals surface area (Å²) in [6, 6.07) is 4.84. The number of piperidine rings is 1. The van der Waals surface area contributed by atoms with Crippen LogP contribution in [-0.4, -0.2) is 35.8 Å². The molecule has 1 aromatic rings. The second-order valence-electron chi connectivity index (χ2n) is 5.09. The second-order valence-corrected chi connectivity index (χ2v) is 5.09. The van der Waals surface area contributed by atoms with Gasteiger partial charge in [0, 0.05) is 18.7 Å². The van der Waals surface area contributed by atoms with E-state index in [0.717, 1.165) is 38.4 Å². The minimum absolute atomic E-state index is 0.0746. The van der Waals surface area contributed by atoms with Gasteiger partial charge in [0.25, 0.3) is 5.91 Å². The number of hydrogen-bond donors (Lipinski definition) is 1. The lowest BCUT2D eigenvalue weighted by Gasteiger charge is -2.29. The van der Waals surface area contributed by atoms with Gasteiger partial charge in [-0.2, -0.15) is 0 Å². The van der Waals surface area contributed by atoms with Crippen LogP contribution in [0.3, 0.4) is 0 Å². The summed E-state index contributed by atoms with van der Waals surface area (Å²) in [6.45, 7) is 3.16. The molecule has 0 spiro atoms. The van der Waals surface area contributed by atoms with Crippen LogP contribution >= 0.6 is 0 Å². The SMILES string of the molecule is CC(NC(=O)c1cccc(F)c1)C(=O)N1CCCCC1. The summed E-state index contributed by atoms with van der Waals surface area (Å²) in [5.74, 6) is -0.968. The third kappa shape index (κ3) is 3.56. The highest BCUT2D eigenvalue weighted by Gasteiger charge is 2.23. The van der Waals surface area contributed by atoms with Gasteiger partial charge in [0.1, 0.15) is 11.9 Å². The Morgan fingerprint density at radius 1 is 1.25 bits per heavy atom. The molecule has 1 saturated heterocycles. The summed E-state index contributed by atoms with van der Waals surface area (Å²) in [5, 5.41) is 2.62. The van der Waals surface area contributed by atoms with Crippen molar-refractivity contribution in [2.45, 2.75) is 32.2 Å². The Morgan fingerprint density at radius 2 is 1.95 bits per heavy atom. The van der Waals surface area contributed by atoms with Gasteiger partial charge in [-0.15, -0.1) is 0 Å². The molecule has 0 radical (unpaired) electrons. The number of carbonyl (C=O) groups excluding carboxylic acids is 2. The molecule has 4 nitrogen and oxygen atoms in total. The maximum absolute atomic E-state index is 13.1. The van der Waals surface area contributed by atoms with Crippen LogP contribution in [0, 0.1) is 5.82 Å². The van der Waals surface area contributed by atoms with Crippen LogP contribution in [0.5, 0.6) is 0 Å². The highest BCUT2D eigenvalue weighted by Crippen LogP contribution is 2.10. The fraction of sp³-hybridized carbons (Fsp3) is 0.467. The zero-order valence-electron chi connectivity index (χ0n) is 11.6. The molecule has 1 unspecified atom stereocenters. The van der Waals surface area contributed by atoms with Gasteiger partial charge in [-0.1, -0.05) is 6.07 Å². The van der Waals surface area contributed by atoms with Gasteiger partial charge in [0.05, 0.1) is 0 Å². The molecule has 2 rings (SSSR count). The molecule has 5 heteroatoms. The van der Waals surface area contributed by atoms with Crippen molar-refractivity contribution in [1.29, 1.82) is 0 Å².